The van der Waals surface area contributed by atoms with E-state index in [1.165, 1.54) is 13.2 Å². The van der Waals surface area contributed by atoms with Gasteiger partial charge in [0.15, 0.2) is 11.7 Å². The van der Waals surface area contributed by atoms with Gasteiger partial charge in [-0.05, 0) is 0 Å². The summed E-state index contributed by atoms with van der Waals surface area (Å²) in [5.74, 6) is -0.0240. The van der Waals surface area contributed by atoms with Gasteiger partial charge in [0.1, 0.15) is 11.6 Å². The number of hydrogen-bond donors (Lipinski definition) is 4. The minimum absolute atomic E-state index is 0.127. The number of aliphatic hydroxyl groups excluding tert-OH is 1. The van der Waals surface area contributed by atoms with Crippen molar-refractivity contribution in [1.29, 1.82) is 0 Å². The molecule has 102 valence electrons. The van der Waals surface area contributed by atoms with Crippen molar-refractivity contribution < 1.29 is 19.7 Å². The van der Waals surface area contributed by atoms with Gasteiger partial charge in [0.2, 0.25) is 0 Å². The summed E-state index contributed by atoms with van der Waals surface area (Å²) in [6.45, 7) is 0.659. The van der Waals surface area contributed by atoms with Gasteiger partial charge in [0, 0.05) is 18.7 Å². The van der Waals surface area contributed by atoms with E-state index in [0.29, 0.717) is 24.1 Å². The molecule has 0 aliphatic carbocycles. The number of rotatable bonds is 3. The molecule has 0 aromatic carbocycles. The molecule has 1 unspecified atom stereocenters. The van der Waals surface area contributed by atoms with Crippen LogP contribution in [0.5, 0.6) is 5.75 Å². The summed E-state index contributed by atoms with van der Waals surface area (Å²) in [6, 6.07) is 2.88. The number of pyridine rings is 1. The van der Waals surface area contributed by atoms with Gasteiger partial charge in [-0.3, -0.25) is 4.99 Å². The smallest absolute Gasteiger partial charge is 0.354 e. The third kappa shape index (κ3) is 3.32. The van der Waals surface area contributed by atoms with Gasteiger partial charge >= 0.3 is 5.97 Å². The first-order chi connectivity index (χ1) is 9.08. The minimum atomic E-state index is -1.14. The minimum Gasteiger partial charge on any atom is -0.497 e. The predicted octanol–water partition coefficient (Wildman–Crippen LogP) is -0.480. The van der Waals surface area contributed by atoms with Crippen LogP contribution in [0, 0.1) is 0 Å². The Balaban J connectivity index is 2.20. The van der Waals surface area contributed by atoms with E-state index in [1.54, 1.807) is 6.07 Å². The average Bonchev–Trinajstić information content (AvgIpc) is 2.41. The summed E-state index contributed by atoms with van der Waals surface area (Å²) < 4.78 is 5.01. The van der Waals surface area contributed by atoms with E-state index in [0.717, 1.165) is 0 Å². The largest absolute Gasteiger partial charge is 0.497 e. The van der Waals surface area contributed by atoms with Gasteiger partial charge in [-0.15, -0.1) is 0 Å². The normalized spacial score (nSPS) is 18.2. The first-order valence-electron chi connectivity index (χ1n) is 5.61. The van der Waals surface area contributed by atoms with Crippen molar-refractivity contribution in [2.75, 3.05) is 25.5 Å². The first kappa shape index (κ1) is 13.1. The number of methoxy groups -OCH3 is 1. The molecule has 0 bridgehead atoms. The Morgan fingerprint density at radius 3 is 2.95 bits per heavy atom. The van der Waals surface area contributed by atoms with Crippen LogP contribution in [0.1, 0.15) is 10.5 Å². The maximum Gasteiger partial charge on any atom is 0.354 e. The van der Waals surface area contributed by atoms with E-state index in [2.05, 4.69) is 20.6 Å². The first-order valence-corrected chi connectivity index (χ1v) is 5.61. The molecule has 4 N–H and O–H groups in total. The van der Waals surface area contributed by atoms with Crippen molar-refractivity contribution in [2.24, 2.45) is 4.99 Å². The Kier molecular flexibility index (Phi) is 3.81. The zero-order valence-electron chi connectivity index (χ0n) is 10.3. The van der Waals surface area contributed by atoms with E-state index < -0.39 is 12.1 Å². The Morgan fingerprint density at radius 1 is 1.58 bits per heavy atom. The molecule has 2 heterocycles. The van der Waals surface area contributed by atoms with Gasteiger partial charge in [0.25, 0.3) is 0 Å². The quantitative estimate of drug-likeness (QED) is 0.584. The van der Waals surface area contributed by atoms with Crippen molar-refractivity contribution in [3.05, 3.63) is 17.8 Å². The third-order valence-corrected chi connectivity index (χ3v) is 2.47. The van der Waals surface area contributed by atoms with Crippen LogP contribution in [-0.4, -0.2) is 53.4 Å². The number of aliphatic imine (C=N–C) groups is 1. The maximum atomic E-state index is 10.9. The molecule has 0 saturated heterocycles. The summed E-state index contributed by atoms with van der Waals surface area (Å²) >= 11 is 0. The zero-order chi connectivity index (χ0) is 13.8. The molecule has 0 amide bonds. The number of aliphatic hydroxyl groups is 1. The van der Waals surface area contributed by atoms with Crippen LogP contribution in [0.2, 0.25) is 0 Å². The number of nitrogens with one attached hydrogen (secondary N) is 2. The molecule has 1 aliphatic heterocycles. The lowest BCUT2D eigenvalue weighted by Gasteiger charge is -2.19. The number of guanidine groups is 1. The standard InChI is InChI=1S/C11H14N4O4/c1-19-7-2-8(10(17)18)14-9(3-7)15-11-12-4-6(16)5-13-11/h2-3,6,16H,4-5H2,1H3,(H,17,18)(H2,12,13,14,15). The van der Waals surface area contributed by atoms with Crippen molar-refractivity contribution in [1.82, 2.24) is 10.3 Å². The van der Waals surface area contributed by atoms with Gasteiger partial charge < -0.3 is 25.6 Å². The molecule has 2 rings (SSSR count). The Hall–Kier alpha value is -2.35. The summed E-state index contributed by atoms with van der Waals surface area (Å²) in [5.41, 5.74) is -0.127. The fourth-order valence-corrected chi connectivity index (χ4v) is 1.53. The summed E-state index contributed by atoms with van der Waals surface area (Å²) in [5, 5.41) is 23.9. The molecule has 0 saturated carbocycles. The van der Waals surface area contributed by atoms with Crippen molar-refractivity contribution in [3.63, 3.8) is 0 Å². The molecule has 8 heteroatoms. The van der Waals surface area contributed by atoms with Crippen molar-refractivity contribution in [2.45, 2.75) is 6.10 Å². The molecule has 1 aliphatic rings. The lowest BCUT2D eigenvalue weighted by Crippen LogP contribution is -2.42. The number of carboxylic acid groups (broad SMARTS) is 1. The van der Waals surface area contributed by atoms with Crippen molar-refractivity contribution in [3.8, 4) is 5.75 Å². The molecule has 0 spiro atoms. The second-order valence-corrected chi connectivity index (χ2v) is 3.93. The predicted molar refractivity (Wildman–Crippen MR) is 67.7 cm³/mol. The van der Waals surface area contributed by atoms with Crippen LogP contribution in [0.3, 0.4) is 0 Å². The number of ether oxygens (including phenoxy) is 1. The number of aromatic nitrogens is 1. The highest BCUT2D eigenvalue weighted by Gasteiger charge is 2.14. The lowest BCUT2D eigenvalue weighted by molar-refractivity contribution is 0.0690. The van der Waals surface area contributed by atoms with Crippen LogP contribution >= 0.6 is 0 Å². The van der Waals surface area contributed by atoms with E-state index in [-0.39, 0.29) is 12.2 Å². The molecule has 0 fully saturated rings. The fourth-order valence-electron chi connectivity index (χ4n) is 1.53. The number of carboxylic acids is 1. The van der Waals surface area contributed by atoms with E-state index in [1.807, 2.05) is 0 Å². The number of anilines is 1. The topological polar surface area (TPSA) is 116 Å². The highest BCUT2D eigenvalue weighted by atomic mass is 16.5. The SMILES string of the molecule is COc1cc(NC2=NCC(O)CN2)nc(C(=O)O)c1. The molecule has 8 nitrogen and oxygen atoms in total. The van der Waals surface area contributed by atoms with Gasteiger partial charge in [-0.1, -0.05) is 0 Å². The van der Waals surface area contributed by atoms with Crippen molar-refractivity contribution >= 4 is 17.7 Å². The molecule has 1 aromatic rings. The van der Waals surface area contributed by atoms with E-state index in [4.69, 9.17) is 9.84 Å². The Labute approximate surface area is 109 Å². The van der Waals surface area contributed by atoms with Crippen LogP contribution in [0.15, 0.2) is 17.1 Å². The molecule has 0 radical (unpaired) electrons. The number of aromatic carboxylic acids is 1. The summed E-state index contributed by atoms with van der Waals surface area (Å²) in [6.07, 6.45) is -0.515. The molecule has 1 aromatic heterocycles. The highest BCUT2D eigenvalue weighted by Crippen LogP contribution is 2.17. The Morgan fingerprint density at radius 2 is 2.37 bits per heavy atom. The van der Waals surface area contributed by atoms with Crippen LogP contribution < -0.4 is 15.4 Å². The fraction of sp³-hybridized carbons (Fsp3) is 0.364. The number of β-amino-alcohol motifs (C(OH)–C–C–N with tert-alkyl or cyclic N) is 1. The third-order valence-electron chi connectivity index (χ3n) is 2.47. The van der Waals surface area contributed by atoms with Gasteiger partial charge in [-0.25, -0.2) is 9.78 Å². The molecular formula is C11H14N4O4. The Bertz CT molecular complexity index is 517. The molecular weight excluding hydrogens is 252 g/mol. The van der Waals surface area contributed by atoms with Gasteiger partial charge in [-0.2, -0.15) is 0 Å². The maximum absolute atomic E-state index is 10.9. The molecule has 19 heavy (non-hydrogen) atoms. The number of nitrogens with zero attached hydrogens (tertiary/aromatic N) is 2. The lowest BCUT2D eigenvalue weighted by atomic mass is 10.3. The highest BCUT2D eigenvalue weighted by molar-refractivity contribution is 5.94. The molecule has 1 atom stereocenters. The second-order valence-electron chi connectivity index (χ2n) is 3.93. The summed E-state index contributed by atoms with van der Waals surface area (Å²) in [7, 11) is 1.44. The monoisotopic (exact) mass is 266 g/mol. The average molecular weight is 266 g/mol. The van der Waals surface area contributed by atoms with E-state index in [9.17, 15) is 9.90 Å². The zero-order valence-corrected chi connectivity index (χ0v) is 10.3. The van der Waals surface area contributed by atoms with Gasteiger partial charge in [0.05, 0.1) is 19.8 Å². The number of hydrogen-bond acceptors (Lipinski definition) is 7. The number of carbonyl (C=O) groups is 1. The second kappa shape index (κ2) is 5.53. The van der Waals surface area contributed by atoms with E-state index >= 15 is 0 Å². The van der Waals surface area contributed by atoms with Crippen LogP contribution in [0.25, 0.3) is 0 Å². The summed E-state index contributed by atoms with van der Waals surface area (Å²) in [4.78, 5) is 18.9. The van der Waals surface area contributed by atoms with Crippen LogP contribution in [-0.2, 0) is 0 Å². The van der Waals surface area contributed by atoms with Crippen LogP contribution in [0.4, 0.5) is 5.82 Å².